The van der Waals surface area contributed by atoms with Gasteiger partial charge in [0.05, 0.1) is 12.7 Å². The van der Waals surface area contributed by atoms with E-state index in [1.54, 1.807) is 72.8 Å². The van der Waals surface area contributed by atoms with Gasteiger partial charge in [-0.25, -0.2) is 4.98 Å². The molecular weight excluding hydrogens is 547 g/mol. The number of ether oxygens (including phenoxy) is 1. The number of benzene rings is 4. The summed E-state index contributed by atoms with van der Waals surface area (Å²) in [6.07, 6.45) is -4.56. The Labute approximate surface area is 239 Å². The van der Waals surface area contributed by atoms with Crippen molar-refractivity contribution >= 4 is 17.5 Å². The van der Waals surface area contributed by atoms with E-state index in [-0.39, 0.29) is 35.4 Å². The maximum atomic E-state index is 13.4. The fourth-order valence-electron chi connectivity index (χ4n) is 4.26. The number of amides is 2. The molecule has 2 amide bonds. The van der Waals surface area contributed by atoms with Crippen LogP contribution in [0.2, 0.25) is 0 Å². The number of alkyl halides is 3. The lowest BCUT2D eigenvalue weighted by molar-refractivity contribution is -0.138. The normalized spacial score (nSPS) is 11.1. The molecule has 0 saturated carbocycles. The third kappa shape index (κ3) is 6.33. The summed E-state index contributed by atoms with van der Waals surface area (Å²) in [5, 5.41) is 5.34. The number of nitrogens with one attached hydrogen (secondary N) is 2. The average Bonchev–Trinajstić information content (AvgIpc) is 3.46. The van der Waals surface area contributed by atoms with Crippen LogP contribution < -0.4 is 15.4 Å². The van der Waals surface area contributed by atoms with Crippen molar-refractivity contribution in [3.05, 3.63) is 126 Å². The number of carbonyl (C=O) groups is 2. The minimum atomic E-state index is -4.56. The van der Waals surface area contributed by atoms with Crippen molar-refractivity contribution in [1.82, 2.24) is 10.3 Å². The lowest BCUT2D eigenvalue weighted by Gasteiger charge is -2.13. The van der Waals surface area contributed by atoms with Gasteiger partial charge in [0.1, 0.15) is 5.75 Å². The highest BCUT2D eigenvalue weighted by molar-refractivity contribution is 6.04. The van der Waals surface area contributed by atoms with Crippen LogP contribution in [-0.4, -0.2) is 23.9 Å². The van der Waals surface area contributed by atoms with Crippen LogP contribution in [0.25, 0.3) is 22.8 Å². The van der Waals surface area contributed by atoms with Crippen LogP contribution in [0.1, 0.15) is 32.0 Å². The fourth-order valence-corrected chi connectivity index (χ4v) is 4.26. The predicted octanol–water partition coefficient (Wildman–Crippen LogP) is 7.22. The van der Waals surface area contributed by atoms with Gasteiger partial charge in [-0.2, -0.15) is 13.2 Å². The summed E-state index contributed by atoms with van der Waals surface area (Å²) in [6.45, 7) is -0.364. The van der Waals surface area contributed by atoms with Crippen LogP contribution in [0.4, 0.5) is 18.9 Å². The molecule has 0 radical (unpaired) electrons. The molecule has 7 nitrogen and oxygen atoms in total. The summed E-state index contributed by atoms with van der Waals surface area (Å²) < 4.78 is 51.5. The molecule has 0 aliphatic rings. The van der Waals surface area contributed by atoms with E-state index in [0.717, 1.165) is 6.07 Å². The summed E-state index contributed by atoms with van der Waals surface area (Å²) in [5.41, 5.74) is 0.986. The Morgan fingerprint density at radius 3 is 2.26 bits per heavy atom. The van der Waals surface area contributed by atoms with E-state index in [2.05, 4.69) is 15.6 Å². The molecule has 0 unspecified atom stereocenters. The van der Waals surface area contributed by atoms with Crippen LogP contribution in [0, 0.1) is 0 Å². The maximum Gasteiger partial charge on any atom is 0.416 e. The van der Waals surface area contributed by atoms with E-state index in [9.17, 15) is 22.8 Å². The lowest BCUT2D eigenvalue weighted by atomic mass is 10.1. The Balaban J connectivity index is 1.41. The van der Waals surface area contributed by atoms with Crippen molar-refractivity contribution in [3.8, 4) is 28.5 Å². The van der Waals surface area contributed by atoms with Gasteiger partial charge in [0.25, 0.3) is 11.8 Å². The van der Waals surface area contributed by atoms with E-state index in [4.69, 9.17) is 9.15 Å². The molecule has 2 N–H and O–H groups in total. The SMILES string of the molecule is COc1cccc(C(=O)Nc2ccc(-c3oc(-c4ccccc4)nc3C(=O)NCc3ccccc3C(F)(F)F)cc2)c1. The maximum absolute atomic E-state index is 13.4. The van der Waals surface area contributed by atoms with Crippen LogP contribution >= 0.6 is 0 Å². The van der Waals surface area contributed by atoms with Gasteiger partial charge in [-0.05, 0) is 66.2 Å². The predicted molar refractivity (Wildman–Crippen MR) is 151 cm³/mol. The summed E-state index contributed by atoms with van der Waals surface area (Å²) in [5.74, 6) is -0.205. The standard InChI is InChI=1S/C32H24F3N3O4/c1-41-25-12-7-11-22(18-25)29(39)37-24-16-14-20(15-17-24)28-27(38-31(42-28)21-8-3-2-4-9-21)30(40)36-19-23-10-5-6-13-26(23)32(33,34)35/h2-18H,19H2,1H3,(H,36,40)(H,37,39). The number of oxazole rings is 1. The molecule has 5 aromatic rings. The minimum absolute atomic E-state index is 0.0807. The lowest BCUT2D eigenvalue weighted by Crippen LogP contribution is -2.25. The van der Waals surface area contributed by atoms with Crippen LogP contribution in [0.5, 0.6) is 5.75 Å². The molecule has 42 heavy (non-hydrogen) atoms. The number of carbonyl (C=O) groups excluding carboxylic acids is 2. The molecule has 0 bridgehead atoms. The van der Waals surface area contributed by atoms with Gasteiger partial charge in [-0.15, -0.1) is 0 Å². The molecule has 10 heteroatoms. The zero-order chi connectivity index (χ0) is 29.7. The van der Waals surface area contributed by atoms with Crippen molar-refractivity contribution in [2.75, 3.05) is 12.4 Å². The van der Waals surface area contributed by atoms with Crippen molar-refractivity contribution < 1.29 is 31.9 Å². The van der Waals surface area contributed by atoms with Gasteiger partial charge >= 0.3 is 6.18 Å². The van der Waals surface area contributed by atoms with E-state index in [1.165, 1.54) is 25.3 Å². The number of hydrogen-bond acceptors (Lipinski definition) is 5. The third-order valence-corrected chi connectivity index (χ3v) is 6.36. The van der Waals surface area contributed by atoms with Crippen molar-refractivity contribution in [2.45, 2.75) is 12.7 Å². The zero-order valence-corrected chi connectivity index (χ0v) is 22.2. The summed E-state index contributed by atoms with van der Waals surface area (Å²) in [4.78, 5) is 30.3. The first kappa shape index (κ1) is 28.2. The molecule has 4 aromatic carbocycles. The molecule has 0 atom stereocenters. The number of rotatable bonds is 8. The van der Waals surface area contributed by atoms with Gasteiger partial charge in [-0.3, -0.25) is 9.59 Å². The smallest absolute Gasteiger partial charge is 0.416 e. The molecule has 1 heterocycles. The summed E-state index contributed by atoms with van der Waals surface area (Å²) in [6, 6.07) is 27.2. The van der Waals surface area contributed by atoms with Crippen LogP contribution in [-0.2, 0) is 12.7 Å². The van der Waals surface area contributed by atoms with Gasteiger partial charge < -0.3 is 19.8 Å². The molecule has 0 saturated heterocycles. The largest absolute Gasteiger partial charge is 0.497 e. The first-order valence-corrected chi connectivity index (χ1v) is 12.8. The first-order chi connectivity index (χ1) is 20.2. The zero-order valence-electron chi connectivity index (χ0n) is 22.2. The Bertz CT molecular complexity index is 1720. The highest BCUT2D eigenvalue weighted by atomic mass is 19.4. The van der Waals surface area contributed by atoms with E-state index in [1.807, 2.05) is 6.07 Å². The minimum Gasteiger partial charge on any atom is -0.497 e. The number of methoxy groups -OCH3 is 1. The van der Waals surface area contributed by atoms with Crippen molar-refractivity contribution in [1.29, 1.82) is 0 Å². The number of nitrogens with zero attached hydrogens (tertiary/aromatic N) is 1. The number of hydrogen-bond donors (Lipinski definition) is 2. The highest BCUT2D eigenvalue weighted by Crippen LogP contribution is 2.33. The summed E-state index contributed by atoms with van der Waals surface area (Å²) >= 11 is 0. The van der Waals surface area contributed by atoms with E-state index in [0.29, 0.717) is 28.1 Å². The van der Waals surface area contributed by atoms with Gasteiger partial charge in [0.2, 0.25) is 5.89 Å². The Morgan fingerprint density at radius 1 is 0.833 bits per heavy atom. The Kier molecular flexibility index (Phi) is 8.05. The second-order valence-electron chi connectivity index (χ2n) is 9.16. The molecule has 0 spiro atoms. The fraction of sp³-hybridized carbons (Fsp3) is 0.0938. The molecule has 1 aromatic heterocycles. The molecule has 0 aliphatic carbocycles. The number of anilines is 1. The average molecular weight is 572 g/mol. The third-order valence-electron chi connectivity index (χ3n) is 6.36. The Hall–Kier alpha value is -5.38. The molecule has 212 valence electrons. The number of halogens is 3. The topological polar surface area (TPSA) is 93.5 Å². The summed E-state index contributed by atoms with van der Waals surface area (Å²) in [7, 11) is 1.51. The second-order valence-corrected chi connectivity index (χ2v) is 9.16. The monoisotopic (exact) mass is 571 g/mol. The van der Waals surface area contributed by atoms with Gasteiger partial charge in [0.15, 0.2) is 11.5 Å². The highest BCUT2D eigenvalue weighted by Gasteiger charge is 2.33. The van der Waals surface area contributed by atoms with E-state index < -0.39 is 17.6 Å². The molecule has 5 rings (SSSR count). The van der Waals surface area contributed by atoms with Crippen molar-refractivity contribution in [3.63, 3.8) is 0 Å². The number of aromatic nitrogens is 1. The second kappa shape index (κ2) is 12.0. The van der Waals surface area contributed by atoms with Crippen LogP contribution in [0.15, 0.2) is 108 Å². The van der Waals surface area contributed by atoms with Gasteiger partial charge in [-0.1, -0.05) is 42.5 Å². The molecule has 0 fully saturated rings. The first-order valence-electron chi connectivity index (χ1n) is 12.8. The molecule has 0 aliphatic heterocycles. The van der Waals surface area contributed by atoms with E-state index >= 15 is 0 Å². The van der Waals surface area contributed by atoms with Crippen molar-refractivity contribution in [2.24, 2.45) is 0 Å². The van der Waals surface area contributed by atoms with Gasteiger partial charge in [0, 0.05) is 28.9 Å². The quantitative estimate of drug-likeness (QED) is 0.205. The Morgan fingerprint density at radius 2 is 1.55 bits per heavy atom. The molecular formula is C32H24F3N3O4. The van der Waals surface area contributed by atoms with Crippen LogP contribution in [0.3, 0.4) is 0 Å².